The Hall–Kier alpha value is -2.70. The van der Waals surface area contributed by atoms with Crippen molar-refractivity contribution >= 4 is 28.6 Å². The quantitative estimate of drug-likeness (QED) is 0.690. The number of benzene rings is 2. The van der Waals surface area contributed by atoms with E-state index in [9.17, 15) is 4.79 Å². The van der Waals surface area contributed by atoms with Crippen molar-refractivity contribution in [2.45, 2.75) is 13.8 Å². The van der Waals surface area contributed by atoms with Gasteiger partial charge in [0.25, 0.3) is 0 Å². The number of hydrogen-bond donors (Lipinski definition) is 1. The van der Waals surface area contributed by atoms with E-state index in [0.717, 1.165) is 48.1 Å². The predicted octanol–water partition coefficient (Wildman–Crippen LogP) is 4.19. The second-order valence-corrected chi connectivity index (χ2v) is 8.54. The molecular formula is C23H26N4OS. The number of anilines is 2. The predicted molar refractivity (Wildman–Crippen MR) is 121 cm³/mol. The maximum absolute atomic E-state index is 12.5. The number of carbonyl (C=O) groups excluding carboxylic acids is 1. The molecule has 1 aliphatic rings. The topological polar surface area (TPSA) is 48.5 Å². The summed E-state index contributed by atoms with van der Waals surface area (Å²) in [5.41, 5.74) is 5.41. The molecule has 3 aromatic rings. The van der Waals surface area contributed by atoms with Gasteiger partial charge in [0.05, 0.1) is 17.2 Å². The average molecular weight is 407 g/mol. The third-order valence-electron chi connectivity index (χ3n) is 5.22. The van der Waals surface area contributed by atoms with Gasteiger partial charge in [0.15, 0.2) is 0 Å². The summed E-state index contributed by atoms with van der Waals surface area (Å²) < 4.78 is 0. The van der Waals surface area contributed by atoms with E-state index in [-0.39, 0.29) is 5.91 Å². The van der Waals surface area contributed by atoms with E-state index in [1.165, 1.54) is 11.3 Å². The lowest BCUT2D eigenvalue weighted by atomic mass is 10.1. The minimum Gasteiger partial charge on any atom is -0.369 e. The summed E-state index contributed by atoms with van der Waals surface area (Å²) in [5, 5.41) is 6.12. The van der Waals surface area contributed by atoms with Crippen molar-refractivity contribution in [3.63, 3.8) is 0 Å². The number of thiazole rings is 1. The summed E-state index contributed by atoms with van der Waals surface area (Å²) in [7, 11) is 0. The van der Waals surface area contributed by atoms with Gasteiger partial charge in [0.2, 0.25) is 5.91 Å². The number of amides is 1. The zero-order chi connectivity index (χ0) is 20.2. The molecule has 150 valence electrons. The first kappa shape index (κ1) is 19.6. The number of aromatic nitrogens is 1. The van der Waals surface area contributed by atoms with Crippen molar-refractivity contribution in [1.82, 2.24) is 9.88 Å². The summed E-state index contributed by atoms with van der Waals surface area (Å²) in [5.74, 6) is 0.0334. The van der Waals surface area contributed by atoms with E-state index in [0.29, 0.717) is 6.54 Å². The molecule has 1 aliphatic heterocycles. The van der Waals surface area contributed by atoms with Gasteiger partial charge in [-0.1, -0.05) is 29.8 Å². The molecule has 0 atom stereocenters. The molecule has 1 saturated heterocycles. The van der Waals surface area contributed by atoms with Crippen LogP contribution in [0.4, 0.5) is 11.4 Å². The van der Waals surface area contributed by atoms with Gasteiger partial charge in [0, 0.05) is 48.5 Å². The van der Waals surface area contributed by atoms with E-state index in [1.807, 2.05) is 31.2 Å². The molecule has 0 unspecified atom stereocenters. The molecule has 0 aliphatic carbocycles. The third-order valence-corrected chi connectivity index (χ3v) is 6.00. The molecule has 0 radical (unpaired) electrons. The summed E-state index contributed by atoms with van der Waals surface area (Å²) in [6.07, 6.45) is 0. The van der Waals surface area contributed by atoms with Gasteiger partial charge >= 0.3 is 0 Å². The van der Waals surface area contributed by atoms with Crippen LogP contribution in [0.15, 0.2) is 53.9 Å². The van der Waals surface area contributed by atoms with Crippen LogP contribution in [0.5, 0.6) is 0 Å². The number of piperazine rings is 1. The molecule has 0 bridgehead atoms. The number of nitrogens with zero attached hydrogens (tertiary/aromatic N) is 3. The number of aryl methyl sites for hydroxylation is 2. The lowest BCUT2D eigenvalue weighted by Crippen LogP contribution is -2.48. The van der Waals surface area contributed by atoms with E-state index in [1.54, 1.807) is 11.3 Å². The molecule has 1 N–H and O–H groups in total. The SMILES string of the molecule is Cc1ccc(N2CCN(CC(=O)Nc3ccc(-c4csc(C)n4)cc3)CC2)cc1. The molecule has 4 rings (SSSR count). The second-order valence-electron chi connectivity index (χ2n) is 7.48. The van der Waals surface area contributed by atoms with E-state index in [4.69, 9.17) is 0 Å². The van der Waals surface area contributed by atoms with Crippen molar-refractivity contribution in [2.75, 3.05) is 42.9 Å². The Morgan fingerprint density at radius 2 is 1.69 bits per heavy atom. The van der Waals surface area contributed by atoms with Gasteiger partial charge in [-0.15, -0.1) is 11.3 Å². The molecule has 6 heteroatoms. The van der Waals surface area contributed by atoms with Crippen molar-refractivity contribution in [3.8, 4) is 11.3 Å². The highest BCUT2D eigenvalue weighted by Gasteiger charge is 2.19. The Labute approximate surface area is 176 Å². The summed E-state index contributed by atoms with van der Waals surface area (Å²) in [6, 6.07) is 16.5. The normalized spacial score (nSPS) is 14.8. The van der Waals surface area contributed by atoms with E-state index >= 15 is 0 Å². The van der Waals surface area contributed by atoms with Gasteiger partial charge in [-0.3, -0.25) is 9.69 Å². The van der Waals surface area contributed by atoms with Crippen molar-refractivity contribution in [2.24, 2.45) is 0 Å². The molecule has 1 amide bonds. The summed E-state index contributed by atoms with van der Waals surface area (Å²) in [4.78, 5) is 21.5. The second kappa shape index (κ2) is 8.76. The zero-order valence-electron chi connectivity index (χ0n) is 16.9. The van der Waals surface area contributed by atoms with Crippen molar-refractivity contribution in [3.05, 3.63) is 64.5 Å². The van der Waals surface area contributed by atoms with Gasteiger partial charge < -0.3 is 10.2 Å². The fourth-order valence-corrected chi connectivity index (χ4v) is 4.17. The number of hydrogen-bond acceptors (Lipinski definition) is 5. The maximum atomic E-state index is 12.5. The fourth-order valence-electron chi connectivity index (χ4n) is 3.54. The molecule has 1 fully saturated rings. The van der Waals surface area contributed by atoms with Crippen LogP contribution in [0.1, 0.15) is 10.6 Å². The molecule has 0 saturated carbocycles. The summed E-state index contributed by atoms with van der Waals surface area (Å²) >= 11 is 1.64. The first-order valence-corrected chi connectivity index (χ1v) is 10.8. The smallest absolute Gasteiger partial charge is 0.238 e. The molecule has 2 heterocycles. The molecule has 29 heavy (non-hydrogen) atoms. The summed E-state index contributed by atoms with van der Waals surface area (Å²) in [6.45, 7) is 8.20. The van der Waals surface area contributed by atoms with Crippen LogP contribution in [-0.4, -0.2) is 48.5 Å². The first-order valence-electron chi connectivity index (χ1n) is 9.93. The Kier molecular flexibility index (Phi) is 5.92. The number of rotatable bonds is 5. The van der Waals surface area contributed by atoms with Crippen LogP contribution in [0.2, 0.25) is 0 Å². The zero-order valence-corrected chi connectivity index (χ0v) is 17.7. The Morgan fingerprint density at radius 1 is 1.00 bits per heavy atom. The first-order chi connectivity index (χ1) is 14.1. The van der Waals surface area contributed by atoms with Gasteiger partial charge in [0.1, 0.15) is 0 Å². The molecule has 1 aromatic heterocycles. The Bertz CT molecular complexity index is 957. The van der Waals surface area contributed by atoms with E-state index < -0.39 is 0 Å². The van der Waals surface area contributed by atoms with Crippen molar-refractivity contribution < 1.29 is 4.79 Å². The molecule has 0 spiro atoms. The molecule has 2 aromatic carbocycles. The lowest BCUT2D eigenvalue weighted by Gasteiger charge is -2.35. The Morgan fingerprint density at radius 3 is 2.31 bits per heavy atom. The van der Waals surface area contributed by atoms with Crippen LogP contribution in [0.25, 0.3) is 11.3 Å². The van der Waals surface area contributed by atoms with Crippen LogP contribution >= 0.6 is 11.3 Å². The standard InChI is InChI=1S/C23H26N4OS/c1-17-3-9-21(10-4-17)27-13-11-26(12-14-27)15-23(28)25-20-7-5-19(6-8-20)22-16-29-18(2)24-22/h3-10,16H,11-15H2,1-2H3,(H,25,28). The maximum Gasteiger partial charge on any atom is 0.238 e. The number of carbonyl (C=O) groups is 1. The Balaban J connectivity index is 1.26. The van der Waals surface area contributed by atoms with Crippen LogP contribution in [-0.2, 0) is 4.79 Å². The highest BCUT2D eigenvalue weighted by Crippen LogP contribution is 2.23. The van der Waals surface area contributed by atoms with Gasteiger partial charge in [-0.25, -0.2) is 4.98 Å². The minimum absolute atomic E-state index is 0.0334. The third kappa shape index (κ3) is 5.02. The van der Waals surface area contributed by atoms with E-state index in [2.05, 4.69) is 56.7 Å². The van der Waals surface area contributed by atoms with Crippen LogP contribution in [0, 0.1) is 13.8 Å². The largest absolute Gasteiger partial charge is 0.369 e. The number of nitrogens with one attached hydrogen (secondary N) is 1. The highest BCUT2D eigenvalue weighted by molar-refractivity contribution is 7.09. The van der Waals surface area contributed by atoms with Gasteiger partial charge in [-0.05, 0) is 38.1 Å². The molecular weight excluding hydrogens is 380 g/mol. The minimum atomic E-state index is 0.0334. The highest BCUT2D eigenvalue weighted by atomic mass is 32.1. The molecule has 5 nitrogen and oxygen atoms in total. The van der Waals surface area contributed by atoms with Crippen molar-refractivity contribution in [1.29, 1.82) is 0 Å². The van der Waals surface area contributed by atoms with Crippen LogP contribution in [0.3, 0.4) is 0 Å². The monoisotopic (exact) mass is 406 g/mol. The average Bonchev–Trinajstić information content (AvgIpc) is 3.16. The lowest BCUT2D eigenvalue weighted by molar-refractivity contribution is -0.117. The van der Waals surface area contributed by atoms with Gasteiger partial charge in [-0.2, -0.15) is 0 Å². The fraction of sp³-hybridized carbons (Fsp3) is 0.304. The van der Waals surface area contributed by atoms with Crippen LogP contribution < -0.4 is 10.2 Å².